The third-order valence-electron chi connectivity index (χ3n) is 6.29. The van der Waals surface area contributed by atoms with Crippen molar-refractivity contribution in [2.24, 2.45) is 0 Å². The number of likely N-dealkylation sites (tertiary alicyclic amines) is 1. The lowest BCUT2D eigenvalue weighted by Gasteiger charge is -2.38. The number of morpholine rings is 1. The summed E-state index contributed by atoms with van der Waals surface area (Å²) in [5, 5.41) is 11.9. The van der Waals surface area contributed by atoms with E-state index < -0.39 is 5.60 Å². The van der Waals surface area contributed by atoms with Gasteiger partial charge in [0.2, 0.25) is 0 Å². The predicted molar refractivity (Wildman–Crippen MR) is 131 cm³/mol. The van der Waals surface area contributed by atoms with E-state index in [4.69, 9.17) is 37.4 Å². The summed E-state index contributed by atoms with van der Waals surface area (Å²) in [5.74, 6) is 1.52. The Morgan fingerprint density at radius 2 is 1.55 bits per heavy atom. The van der Waals surface area contributed by atoms with Crippen LogP contribution in [0.3, 0.4) is 0 Å². The van der Waals surface area contributed by atoms with E-state index in [1.807, 2.05) is 12.1 Å². The number of rotatable bonds is 9. The van der Waals surface area contributed by atoms with Crippen LogP contribution in [0.1, 0.15) is 18.4 Å². The first-order valence-corrected chi connectivity index (χ1v) is 12.3. The van der Waals surface area contributed by atoms with Gasteiger partial charge in [0, 0.05) is 45.3 Å². The summed E-state index contributed by atoms with van der Waals surface area (Å²) in [6.07, 6.45) is 1.33. The largest absolute Gasteiger partial charge is 0.492 e. The molecule has 1 N–H and O–H groups in total. The number of halogens is 2. The van der Waals surface area contributed by atoms with Gasteiger partial charge in [-0.15, -0.1) is 0 Å². The Morgan fingerprint density at radius 3 is 2.24 bits per heavy atom. The van der Waals surface area contributed by atoms with Crippen molar-refractivity contribution in [1.82, 2.24) is 9.80 Å². The molecule has 8 heteroatoms. The Labute approximate surface area is 205 Å². The molecule has 2 aliphatic heterocycles. The van der Waals surface area contributed by atoms with Gasteiger partial charge in [0.1, 0.15) is 30.3 Å². The molecule has 33 heavy (non-hydrogen) atoms. The van der Waals surface area contributed by atoms with Crippen molar-refractivity contribution in [1.29, 1.82) is 0 Å². The van der Waals surface area contributed by atoms with E-state index in [1.165, 1.54) is 5.56 Å². The third kappa shape index (κ3) is 7.47. The normalized spacial score (nSPS) is 19.4. The molecule has 0 atom stereocenters. The average Bonchev–Trinajstić information content (AvgIpc) is 2.83. The molecule has 2 fully saturated rings. The highest BCUT2D eigenvalue weighted by molar-refractivity contribution is 6.42. The SMILES string of the molecule is OC1(COc2ccc(Cl)c(Cl)c2)CCN(Cc2ccc(OCCN3CCOCC3)cc2)CC1. The molecule has 2 aromatic rings. The minimum absolute atomic E-state index is 0.245. The molecule has 0 aliphatic carbocycles. The number of nitrogens with zero attached hydrogens (tertiary/aromatic N) is 2. The highest BCUT2D eigenvalue weighted by Crippen LogP contribution is 2.29. The van der Waals surface area contributed by atoms with E-state index >= 15 is 0 Å². The number of ether oxygens (including phenoxy) is 3. The molecule has 2 aromatic carbocycles. The van der Waals surface area contributed by atoms with E-state index in [2.05, 4.69) is 21.9 Å². The first-order chi connectivity index (χ1) is 16.0. The second-order valence-electron chi connectivity index (χ2n) is 8.81. The smallest absolute Gasteiger partial charge is 0.121 e. The van der Waals surface area contributed by atoms with Gasteiger partial charge < -0.3 is 19.3 Å². The van der Waals surface area contributed by atoms with Gasteiger partial charge in [-0.05, 0) is 42.7 Å². The average molecular weight is 495 g/mol. The molecule has 0 amide bonds. The van der Waals surface area contributed by atoms with Crippen LogP contribution in [-0.2, 0) is 11.3 Å². The Morgan fingerprint density at radius 1 is 0.848 bits per heavy atom. The van der Waals surface area contributed by atoms with Crippen LogP contribution in [0.2, 0.25) is 10.0 Å². The van der Waals surface area contributed by atoms with E-state index in [9.17, 15) is 5.11 Å². The quantitative estimate of drug-likeness (QED) is 0.565. The summed E-state index contributed by atoms with van der Waals surface area (Å²) in [4.78, 5) is 4.73. The molecule has 0 bridgehead atoms. The number of hydrogen-bond acceptors (Lipinski definition) is 6. The summed E-state index contributed by atoms with van der Waals surface area (Å²) < 4.78 is 17.1. The topological polar surface area (TPSA) is 54.4 Å². The first kappa shape index (κ1) is 24.6. The van der Waals surface area contributed by atoms with Crippen LogP contribution in [0, 0.1) is 0 Å². The van der Waals surface area contributed by atoms with E-state index in [0.717, 1.165) is 58.2 Å². The van der Waals surface area contributed by atoms with Gasteiger partial charge in [-0.25, -0.2) is 0 Å². The first-order valence-electron chi connectivity index (χ1n) is 11.5. The third-order valence-corrected chi connectivity index (χ3v) is 7.03. The van der Waals surface area contributed by atoms with Gasteiger partial charge in [-0.2, -0.15) is 0 Å². The second kappa shape index (κ2) is 11.7. The van der Waals surface area contributed by atoms with Crippen LogP contribution in [0.25, 0.3) is 0 Å². The van der Waals surface area contributed by atoms with E-state index in [-0.39, 0.29) is 6.61 Å². The fourth-order valence-electron chi connectivity index (χ4n) is 4.12. The molecule has 2 heterocycles. The standard InChI is InChI=1S/C25H32Cl2N2O4/c26-23-6-5-22(17-24(23)27)33-19-25(30)7-9-29(10-8-25)18-20-1-3-21(4-2-20)32-16-13-28-11-14-31-15-12-28/h1-6,17,30H,7-16,18-19H2. The molecule has 6 nitrogen and oxygen atoms in total. The van der Waals surface area contributed by atoms with Gasteiger partial charge >= 0.3 is 0 Å². The van der Waals surface area contributed by atoms with Crippen LogP contribution in [0.5, 0.6) is 11.5 Å². The molecule has 2 saturated heterocycles. The fourth-order valence-corrected chi connectivity index (χ4v) is 4.41. The summed E-state index contributed by atoms with van der Waals surface area (Å²) >= 11 is 12.0. The molecular formula is C25H32Cl2N2O4. The molecule has 2 aliphatic rings. The Bertz CT molecular complexity index is 882. The highest BCUT2D eigenvalue weighted by Gasteiger charge is 2.33. The molecule has 0 unspecified atom stereocenters. The van der Waals surface area contributed by atoms with Crippen LogP contribution >= 0.6 is 23.2 Å². The zero-order chi connectivity index (χ0) is 23.1. The second-order valence-corrected chi connectivity index (χ2v) is 9.63. The maximum atomic E-state index is 10.9. The summed E-state index contributed by atoms with van der Waals surface area (Å²) in [6.45, 7) is 7.94. The van der Waals surface area contributed by atoms with Crippen LogP contribution in [0.4, 0.5) is 0 Å². The number of hydrogen-bond donors (Lipinski definition) is 1. The summed E-state index contributed by atoms with van der Waals surface area (Å²) in [6, 6.07) is 13.5. The van der Waals surface area contributed by atoms with Crippen molar-refractivity contribution in [2.75, 3.05) is 59.2 Å². The minimum Gasteiger partial charge on any atom is -0.492 e. The molecule has 180 valence electrons. The van der Waals surface area contributed by atoms with Crippen molar-refractivity contribution < 1.29 is 19.3 Å². The van der Waals surface area contributed by atoms with Gasteiger partial charge in [0.05, 0.1) is 23.3 Å². The molecular weight excluding hydrogens is 463 g/mol. The Hall–Kier alpha value is -1.54. The van der Waals surface area contributed by atoms with Gasteiger partial charge in [0.25, 0.3) is 0 Å². The monoisotopic (exact) mass is 494 g/mol. The molecule has 0 saturated carbocycles. The van der Waals surface area contributed by atoms with Crippen molar-refractivity contribution in [3.05, 3.63) is 58.1 Å². The maximum absolute atomic E-state index is 10.9. The van der Waals surface area contributed by atoms with Gasteiger partial charge in [-0.3, -0.25) is 9.80 Å². The van der Waals surface area contributed by atoms with E-state index in [1.54, 1.807) is 18.2 Å². The van der Waals surface area contributed by atoms with Crippen molar-refractivity contribution in [3.8, 4) is 11.5 Å². The molecule has 4 rings (SSSR count). The zero-order valence-electron chi connectivity index (χ0n) is 18.8. The van der Waals surface area contributed by atoms with Crippen LogP contribution in [-0.4, -0.2) is 79.7 Å². The fraction of sp³-hybridized carbons (Fsp3) is 0.520. The Kier molecular flexibility index (Phi) is 8.74. The maximum Gasteiger partial charge on any atom is 0.121 e. The minimum atomic E-state index is -0.833. The number of aliphatic hydroxyl groups is 1. The molecule has 0 radical (unpaired) electrons. The van der Waals surface area contributed by atoms with Gasteiger partial charge in [0.15, 0.2) is 0 Å². The predicted octanol–water partition coefficient (Wildman–Crippen LogP) is 4.11. The lowest BCUT2D eigenvalue weighted by Crippen LogP contribution is -2.47. The zero-order valence-corrected chi connectivity index (χ0v) is 20.4. The van der Waals surface area contributed by atoms with Gasteiger partial charge in [-0.1, -0.05) is 35.3 Å². The summed E-state index contributed by atoms with van der Waals surface area (Å²) in [7, 11) is 0. The highest BCUT2D eigenvalue weighted by atomic mass is 35.5. The lowest BCUT2D eigenvalue weighted by atomic mass is 9.92. The van der Waals surface area contributed by atoms with E-state index in [0.29, 0.717) is 35.2 Å². The van der Waals surface area contributed by atoms with Crippen LogP contribution < -0.4 is 9.47 Å². The van der Waals surface area contributed by atoms with Crippen molar-refractivity contribution in [2.45, 2.75) is 25.0 Å². The number of benzene rings is 2. The summed E-state index contributed by atoms with van der Waals surface area (Å²) in [5.41, 5.74) is 0.411. The lowest BCUT2D eigenvalue weighted by molar-refractivity contribution is -0.0537. The number of piperidine rings is 1. The molecule has 0 aromatic heterocycles. The Balaban J connectivity index is 1.17. The molecule has 0 spiro atoms. The van der Waals surface area contributed by atoms with Crippen molar-refractivity contribution >= 4 is 23.2 Å². The van der Waals surface area contributed by atoms with Crippen LogP contribution in [0.15, 0.2) is 42.5 Å². The van der Waals surface area contributed by atoms with Crippen molar-refractivity contribution in [3.63, 3.8) is 0 Å².